The minimum absolute atomic E-state index is 0.135. The summed E-state index contributed by atoms with van der Waals surface area (Å²) in [6.45, 7) is 7.53. The highest BCUT2D eigenvalue weighted by molar-refractivity contribution is 6.12. The van der Waals surface area contributed by atoms with Crippen LogP contribution in [0.3, 0.4) is 0 Å². The van der Waals surface area contributed by atoms with E-state index in [4.69, 9.17) is 0 Å². The second-order valence-electron chi connectivity index (χ2n) is 12.7. The lowest BCUT2D eigenvalue weighted by molar-refractivity contribution is -0.137. The molecule has 0 N–H and O–H groups in total. The molecule has 2 heterocycles. The van der Waals surface area contributed by atoms with Gasteiger partial charge in [0.25, 0.3) is 0 Å². The first-order valence-corrected chi connectivity index (χ1v) is 15.6. The topological polar surface area (TPSA) is 9.86 Å². The second-order valence-corrected chi connectivity index (χ2v) is 12.7. The average Bonchev–Trinajstić information content (AvgIpc) is 3.50. The maximum atomic E-state index is 16.1. The lowest BCUT2D eigenvalue weighted by Gasteiger charge is -2.25. The minimum Gasteiger partial charge on any atom is -0.309 e. The SMILES string of the molecule is Cc1ccc2c3ccc(C)cc3n(-c3ccc(-c4c(F)cccc4F)c(-n4c5cc(C)ccc5c5ccc(C)cc54)c3C(F)(F)F)c2c1. The molecule has 0 bridgehead atoms. The Bertz CT molecular complexity index is 2480. The zero-order valence-corrected chi connectivity index (χ0v) is 26.6. The van der Waals surface area contributed by atoms with Crippen molar-refractivity contribution in [2.24, 2.45) is 0 Å². The number of rotatable bonds is 3. The number of aryl methyl sites for hydroxylation is 4. The average molecular weight is 645 g/mol. The van der Waals surface area contributed by atoms with E-state index in [-0.39, 0.29) is 16.9 Å². The fraction of sp³-hybridized carbons (Fsp3) is 0.122. The van der Waals surface area contributed by atoms with E-state index in [0.29, 0.717) is 22.1 Å². The third-order valence-electron chi connectivity index (χ3n) is 9.29. The zero-order chi connectivity index (χ0) is 33.6. The Kier molecular flexibility index (Phi) is 6.57. The maximum absolute atomic E-state index is 16.1. The Morgan fingerprint density at radius 3 is 1.27 bits per heavy atom. The number of nitrogens with zero attached hydrogens (tertiary/aromatic N) is 2. The van der Waals surface area contributed by atoms with E-state index in [1.165, 1.54) is 18.2 Å². The van der Waals surface area contributed by atoms with Crippen LogP contribution in [0.4, 0.5) is 22.0 Å². The third kappa shape index (κ3) is 4.44. The van der Waals surface area contributed by atoms with Gasteiger partial charge in [-0.2, -0.15) is 13.2 Å². The van der Waals surface area contributed by atoms with Crippen LogP contribution in [0.25, 0.3) is 66.1 Å². The Labute approximate surface area is 273 Å². The molecule has 2 nitrogen and oxygen atoms in total. The number of fused-ring (bicyclic) bond motifs is 6. The summed E-state index contributed by atoms with van der Waals surface area (Å²) in [6, 6.07) is 28.9. The van der Waals surface area contributed by atoms with Gasteiger partial charge >= 0.3 is 6.18 Å². The molecular weight excluding hydrogens is 615 g/mol. The molecule has 0 aliphatic carbocycles. The summed E-state index contributed by atoms with van der Waals surface area (Å²) in [5.41, 5.74) is 3.47. The van der Waals surface area contributed by atoms with Gasteiger partial charge < -0.3 is 9.13 Å². The molecule has 6 aromatic carbocycles. The fourth-order valence-electron chi connectivity index (χ4n) is 7.21. The Hall–Kier alpha value is -5.43. The molecule has 7 heteroatoms. The summed E-state index contributed by atoms with van der Waals surface area (Å²) in [7, 11) is 0. The van der Waals surface area contributed by atoms with Gasteiger partial charge in [-0.3, -0.25) is 0 Å². The first-order chi connectivity index (χ1) is 22.9. The molecule has 0 aliphatic heterocycles. The van der Waals surface area contributed by atoms with Crippen LogP contribution in [0.5, 0.6) is 0 Å². The first kappa shape index (κ1) is 29.9. The van der Waals surface area contributed by atoms with Crippen LogP contribution >= 0.6 is 0 Å². The highest BCUT2D eigenvalue weighted by Gasteiger charge is 2.41. The van der Waals surface area contributed by atoms with Crippen molar-refractivity contribution in [2.75, 3.05) is 0 Å². The number of halogens is 5. The Morgan fingerprint density at radius 2 is 0.875 bits per heavy atom. The quantitative estimate of drug-likeness (QED) is 0.169. The summed E-state index contributed by atoms with van der Waals surface area (Å²) in [5.74, 6) is -1.90. The molecule has 0 unspecified atom stereocenters. The zero-order valence-electron chi connectivity index (χ0n) is 26.6. The highest BCUT2D eigenvalue weighted by Crippen LogP contribution is 2.48. The van der Waals surface area contributed by atoms with E-state index < -0.39 is 28.9 Å². The number of alkyl halides is 3. The maximum Gasteiger partial charge on any atom is 0.420 e. The van der Waals surface area contributed by atoms with Gasteiger partial charge in [-0.1, -0.05) is 54.6 Å². The fourth-order valence-corrected chi connectivity index (χ4v) is 7.21. The lowest BCUT2D eigenvalue weighted by atomic mass is 9.96. The molecule has 0 fully saturated rings. The molecule has 0 saturated carbocycles. The van der Waals surface area contributed by atoms with Crippen LogP contribution in [0.1, 0.15) is 27.8 Å². The molecule has 238 valence electrons. The first-order valence-electron chi connectivity index (χ1n) is 15.6. The van der Waals surface area contributed by atoms with E-state index in [1.807, 2.05) is 100 Å². The van der Waals surface area contributed by atoms with Crippen molar-refractivity contribution in [3.8, 4) is 22.5 Å². The van der Waals surface area contributed by atoms with E-state index >= 15 is 22.0 Å². The Balaban J connectivity index is 1.66. The summed E-state index contributed by atoms with van der Waals surface area (Å²) >= 11 is 0. The smallest absolute Gasteiger partial charge is 0.309 e. The van der Waals surface area contributed by atoms with Crippen LogP contribution in [-0.2, 0) is 6.18 Å². The molecule has 0 spiro atoms. The standard InChI is InChI=1S/C41H29F5N2/c1-22-8-12-26-27-13-9-23(2)19-35(27)47(34(26)18-22)33-17-16-30(38-31(42)6-5-7-32(38)43)40(39(33)41(44,45)46)48-36-20-24(3)10-14-28(36)29-15-11-25(4)21-37(29)48/h5-21H,1-4H3. The van der Waals surface area contributed by atoms with Gasteiger partial charge in [0.15, 0.2) is 0 Å². The molecule has 0 saturated heterocycles. The van der Waals surface area contributed by atoms with Gasteiger partial charge in [0, 0.05) is 27.1 Å². The summed E-state index contributed by atoms with van der Waals surface area (Å²) < 4.78 is 82.8. The highest BCUT2D eigenvalue weighted by atomic mass is 19.4. The van der Waals surface area contributed by atoms with Gasteiger partial charge in [0.2, 0.25) is 0 Å². The van der Waals surface area contributed by atoms with Crippen LogP contribution in [0.15, 0.2) is 103 Å². The molecule has 8 rings (SSSR count). The molecule has 0 amide bonds. The van der Waals surface area contributed by atoms with Crippen LogP contribution < -0.4 is 0 Å². The largest absolute Gasteiger partial charge is 0.420 e. The van der Waals surface area contributed by atoms with E-state index in [9.17, 15) is 0 Å². The lowest BCUT2D eigenvalue weighted by Crippen LogP contribution is -2.17. The van der Waals surface area contributed by atoms with Crippen molar-refractivity contribution in [1.29, 1.82) is 0 Å². The predicted molar refractivity (Wildman–Crippen MR) is 184 cm³/mol. The molecule has 0 atom stereocenters. The van der Waals surface area contributed by atoms with Gasteiger partial charge in [0.05, 0.1) is 39.0 Å². The number of benzene rings is 6. The molecule has 2 aromatic heterocycles. The number of hydrogen-bond acceptors (Lipinski definition) is 0. The molecule has 0 aliphatic rings. The molecule has 48 heavy (non-hydrogen) atoms. The molecule has 8 aromatic rings. The summed E-state index contributed by atoms with van der Waals surface area (Å²) in [4.78, 5) is 0. The van der Waals surface area contributed by atoms with Crippen LogP contribution in [0.2, 0.25) is 0 Å². The van der Waals surface area contributed by atoms with Crippen molar-refractivity contribution in [1.82, 2.24) is 9.13 Å². The number of aromatic nitrogens is 2. The van der Waals surface area contributed by atoms with Gasteiger partial charge in [-0.05, 0) is 98.5 Å². The summed E-state index contributed by atoms with van der Waals surface area (Å²) in [6.07, 6.45) is -4.95. The van der Waals surface area contributed by atoms with Gasteiger partial charge in [0.1, 0.15) is 17.2 Å². The van der Waals surface area contributed by atoms with E-state index in [2.05, 4.69) is 0 Å². The van der Waals surface area contributed by atoms with Crippen molar-refractivity contribution in [3.05, 3.63) is 143 Å². The number of hydrogen-bond donors (Lipinski definition) is 0. The molecule has 0 radical (unpaired) electrons. The summed E-state index contributed by atoms with van der Waals surface area (Å²) in [5, 5.41) is 3.07. The van der Waals surface area contributed by atoms with E-state index in [1.54, 1.807) is 9.13 Å². The van der Waals surface area contributed by atoms with Gasteiger partial charge in [-0.15, -0.1) is 0 Å². The Morgan fingerprint density at radius 1 is 0.479 bits per heavy atom. The van der Waals surface area contributed by atoms with Gasteiger partial charge in [-0.25, -0.2) is 8.78 Å². The van der Waals surface area contributed by atoms with Crippen molar-refractivity contribution in [2.45, 2.75) is 33.9 Å². The van der Waals surface area contributed by atoms with Crippen molar-refractivity contribution in [3.63, 3.8) is 0 Å². The monoisotopic (exact) mass is 644 g/mol. The molecular formula is C41H29F5N2. The minimum atomic E-state index is -4.95. The van der Waals surface area contributed by atoms with Crippen molar-refractivity contribution < 1.29 is 22.0 Å². The predicted octanol–water partition coefficient (Wildman–Crippen LogP) is 12.1. The third-order valence-corrected chi connectivity index (χ3v) is 9.29. The van der Waals surface area contributed by atoms with Crippen molar-refractivity contribution >= 4 is 43.6 Å². The van der Waals surface area contributed by atoms with E-state index in [0.717, 1.165) is 55.9 Å². The second kappa shape index (κ2) is 10.5. The van der Waals surface area contributed by atoms with Crippen LogP contribution in [0, 0.1) is 39.3 Å². The normalized spacial score (nSPS) is 12.3. The van der Waals surface area contributed by atoms with Crippen LogP contribution in [-0.4, -0.2) is 9.13 Å².